The normalized spacial score (nSPS) is 17.7. The molecule has 1 amide bonds. The Balaban J connectivity index is 1.44. The summed E-state index contributed by atoms with van der Waals surface area (Å²) in [4.78, 5) is 31.8. The number of hydrogen-bond donors (Lipinski definition) is 1. The Labute approximate surface area is 172 Å². The van der Waals surface area contributed by atoms with Crippen LogP contribution in [0.5, 0.6) is 0 Å². The van der Waals surface area contributed by atoms with Crippen LogP contribution in [-0.2, 0) is 0 Å². The van der Waals surface area contributed by atoms with Crippen LogP contribution in [0.2, 0.25) is 0 Å². The maximum absolute atomic E-state index is 13.4. The van der Waals surface area contributed by atoms with Gasteiger partial charge in [0.05, 0.1) is 23.3 Å². The van der Waals surface area contributed by atoms with E-state index in [0.29, 0.717) is 53.6 Å². The van der Waals surface area contributed by atoms with Crippen molar-refractivity contribution in [1.82, 2.24) is 24.8 Å². The largest absolute Gasteiger partial charge is 0.442 e. The second kappa shape index (κ2) is 6.86. The van der Waals surface area contributed by atoms with Crippen molar-refractivity contribution in [2.45, 2.75) is 38.6 Å². The molecule has 1 aliphatic heterocycles. The van der Waals surface area contributed by atoms with E-state index in [4.69, 9.17) is 4.42 Å². The lowest BCUT2D eigenvalue weighted by Gasteiger charge is -2.26. The van der Waals surface area contributed by atoms with Gasteiger partial charge < -0.3 is 14.6 Å². The Bertz CT molecular complexity index is 1170. The molecule has 0 atom stereocenters. The first kappa shape index (κ1) is 18.7. The molecular formula is C21H21FN6O2. The van der Waals surface area contributed by atoms with Gasteiger partial charge in [0.25, 0.3) is 5.91 Å². The predicted octanol–water partition coefficient (Wildman–Crippen LogP) is 3.35. The number of hydrogen-bond acceptors (Lipinski definition) is 7. The van der Waals surface area contributed by atoms with Gasteiger partial charge in [0, 0.05) is 18.6 Å². The van der Waals surface area contributed by atoms with Crippen molar-refractivity contribution < 1.29 is 13.6 Å². The van der Waals surface area contributed by atoms with Crippen LogP contribution < -0.4 is 5.32 Å². The number of furan rings is 1. The Morgan fingerprint density at radius 3 is 2.67 bits per heavy atom. The number of nitrogens with one attached hydrogen (secondary N) is 1. The highest BCUT2D eigenvalue weighted by atomic mass is 19.1. The van der Waals surface area contributed by atoms with E-state index < -0.39 is 5.82 Å². The highest BCUT2D eigenvalue weighted by Crippen LogP contribution is 2.40. The molecule has 5 rings (SSSR count). The summed E-state index contributed by atoms with van der Waals surface area (Å²) in [5, 5.41) is 4.07. The third-order valence-corrected chi connectivity index (χ3v) is 5.70. The van der Waals surface area contributed by atoms with E-state index in [1.54, 1.807) is 11.8 Å². The van der Waals surface area contributed by atoms with Gasteiger partial charge in [-0.25, -0.2) is 24.3 Å². The van der Waals surface area contributed by atoms with E-state index in [9.17, 15) is 9.18 Å². The molecule has 0 aromatic carbocycles. The van der Waals surface area contributed by atoms with Gasteiger partial charge in [-0.1, -0.05) is 6.08 Å². The number of fused-ring (bicyclic) bond motifs is 1. The van der Waals surface area contributed by atoms with Crippen molar-refractivity contribution in [3.63, 3.8) is 0 Å². The molecule has 3 aromatic heterocycles. The van der Waals surface area contributed by atoms with Crippen LogP contribution in [0.3, 0.4) is 0 Å². The lowest BCUT2D eigenvalue weighted by Crippen LogP contribution is -2.35. The molecule has 0 radical (unpaired) electrons. The van der Waals surface area contributed by atoms with Gasteiger partial charge in [-0.3, -0.25) is 4.79 Å². The Morgan fingerprint density at radius 2 is 2.00 bits per heavy atom. The summed E-state index contributed by atoms with van der Waals surface area (Å²) in [6, 6.07) is 0. The van der Waals surface area contributed by atoms with Gasteiger partial charge in [-0.15, -0.1) is 0 Å². The molecule has 8 nitrogen and oxygen atoms in total. The second-order valence-corrected chi connectivity index (χ2v) is 8.08. The first-order chi connectivity index (χ1) is 14.4. The highest BCUT2D eigenvalue weighted by Gasteiger charge is 2.39. The van der Waals surface area contributed by atoms with Gasteiger partial charge in [0.2, 0.25) is 5.71 Å². The minimum absolute atomic E-state index is 0.00466. The van der Waals surface area contributed by atoms with Crippen LogP contribution in [-0.4, -0.2) is 49.4 Å². The minimum atomic E-state index is -0.471. The van der Waals surface area contributed by atoms with E-state index in [1.807, 2.05) is 6.08 Å². The molecule has 0 spiro atoms. The lowest BCUT2D eigenvalue weighted by atomic mass is 10.1. The van der Waals surface area contributed by atoms with Crippen molar-refractivity contribution in [2.24, 2.45) is 0 Å². The van der Waals surface area contributed by atoms with Crippen LogP contribution in [0.25, 0.3) is 16.7 Å². The number of rotatable bonds is 4. The molecule has 1 N–H and O–H groups in total. The fourth-order valence-electron chi connectivity index (χ4n) is 3.69. The molecular weight excluding hydrogens is 387 g/mol. The van der Waals surface area contributed by atoms with Gasteiger partial charge >= 0.3 is 0 Å². The number of nitrogens with zero attached hydrogens (tertiary/aromatic N) is 5. The summed E-state index contributed by atoms with van der Waals surface area (Å²) >= 11 is 0. The van der Waals surface area contributed by atoms with Crippen molar-refractivity contribution in [3.8, 4) is 0 Å². The van der Waals surface area contributed by atoms with Crippen molar-refractivity contribution >= 4 is 28.4 Å². The molecule has 4 heterocycles. The summed E-state index contributed by atoms with van der Waals surface area (Å²) in [6.45, 7) is 4.82. The molecule has 30 heavy (non-hydrogen) atoms. The molecule has 9 heteroatoms. The quantitative estimate of drug-likeness (QED) is 0.707. The predicted molar refractivity (Wildman–Crippen MR) is 108 cm³/mol. The SMILES string of the molecule is Cc1oc2ncnc(NC3(C)CC3)c2c1C(=O)N1CC=C(c2ncc(F)cn2)CC1. The van der Waals surface area contributed by atoms with Crippen molar-refractivity contribution in [1.29, 1.82) is 0 Å². The van der Waals surface area contributed by atoms with E-state index in [1.165, 1.54) is 6.33 Å². The monoisotopic (exact) mass is 408 g/mol. The summed E-state index contributed by atoms with van der Waals surface area (Å²) in [6.07, 6.45) is 8.37. The van der Waals surface area contributed by atoms with Crippen LogP contribution in [0.1, 0.15) is 48.1 Å². The third-order valence-electron chi connectivity index (χ3n) is 5.70. The number of halogens is 1. The van der Waals surface area contributed by atoms with Crippen LogP contribution in [0, 0.1) is 12.7 Å². The van der Waals surface area contributed by atoms with Crippen molar-refractivity contribution in [2.75, 3.05) is 18.4 Å². The summed E-state index contributed by atoms with van der Waals surface area (Å²) in [5.74, 6) is 1.05. The fourth-order valence-corrected chi connectivity index (χ4v) is 3.69. The molecule has 1 aliphatic carbocycles. The van der Waals surface area contributed by atoms with Crippen molar-refractivity contribution in [3.05, 3.63) is 47.8 Å². The molecule has 0 bridgehead atoms. The second-order valence-electron chi connectivity index (χ2n) is 8.08. The molecule has 3 aromatic rings. The standard InChI is InChI=1S/C21H21FN6O2/c1-12-15(16-18(27-21(2)5-6-21)25-11-26-19(16)30-12)20(29)28-7-3-13(4-8-28)17-23-9-14(22)10-24-17/h3,9-11H,4-8H2,1-2H3,(H,25,26,27). The first-order valence-corrected chi connectivity index (χ1v) is 9.92. The van der Waals surface area contributed by atoms with Gasteiger partial charge in [-0.2, -0.15) is 0 Å². The lowest BCUT2D eigenvalue weighted by molar-refractivity contribution is 0.0772. The van der Waals surface area contributed by atoms with E-state index >= 15 is 0 Å². The smallest absolute Gasteiger partial charge is 0.258 e. The zero-order valence-electron chi connectivity index (χ0n) is 16.8. The summed E-state index contributed by atoms with van der Waals surface area (Å²) in [5.41, 5.74) is 1.81. The number of amides is 1. The number of carbonyl (C=O) groups is 1. The maximum Gasteiger partial charge on any atom is 0.258 e. The molecule has 1 fully saturated rings. The van der Waals surface area contributed by atoms with E-state index in [0.717, 1.165) is 30.8 Å². The molecule has 154 valence electrons. The van der Waals surface area contributed by atoms with Crippen LogP contribution >= 0.6 is 0 Å². The van der Waals surface area contributed by atoms with Gasteiger partial charge in [-0.05, 0) is 38.7 Å². The summed E-state index contributed by atoms with van der Waals surface area (Å²) in [7, 11) is 0. The Morgan fingerprint density at radius 1 is 1.23 bits per heavy atom. The zero-order chi connectivity index (χ0) is 20.9. The van der Waals surface area contributed by atoms with Gasteiger partial charge in [0.15, 0.2) is 11.6 Å². The molecule has 2 aliphatic rings. The molecule has 0 saturated heterocycles. The van der Waals surface area contributed by atoms with E-state index in [-0.39, 0.29) is 11.4 Å². The summed E-state index contributed by atoms with van der Waals surface area (Å²) < 4.78 is 18.8. The third kappa shape index (κ3) is 3.30. The minimum Gasteiger partial charge on any atom is -0.442 e. The average molecular weight is 408 g/mol. The van der Waals surface area contributed by atoms with E-state index in [2.05, 4.69) is 32.2 Å². The average Bonchev–Trinajstić information content (AvgIpc) is 3.36. The first-order valence-electron chi connectivity index (χ1n) is 9.92. The Kier molecular flexibility index (Phi) is 4.27. The number of carbonyl (C=O) groups excluding carboxylic acids is 1. The number of aryl methyl sites for hydroxylation is 1. The molecule has 0 unspecified atom stereocenters. The Hall–Kier alpha value is -3.36. The maximum atomic E-state index is 13.4. The number of anilines is 1. The zero-order valence-corrected chi connectivity index (χ0v) is 16.8. The number of aromatic nitrogens is 4. The topological polar surface area (TPSA) is 97.0 Å². The molecule has 1 saturated carbocycles. The van der Waals surface area contributed by atoms with Crippen LogP contribution in [0.4, 0.5) is 10.2 Å². The highest BCUT2D eigenvalue weighted by molar-refractivity contribution is 6.10. The fraction of sp³-hybridized carbons (Fsp3) is 0.381. The van der Waals surface area contributed by atoms with Crippen LogP contribution in [0.15, 0.2) is 29.2 Å². The van der Waals surface area contributed by atoms with Gasteiger partial charge in [0.1, 0.15) is 17.9 Å².